The number of hydrogen-bond acceptors (Lipinski definition) is 5. The van der Waals surface area contributed by atoms with E-state index in [9.17, 15) is 8.78 Å². The molecule has 6 nitrogen and oxygen atoms in total. The molecular formula is C21H26F2N6. The fourth-order valence-corrected chi connectivity index (χ4v) is 3.70. The summed E-state index contributed by atoms with van der Waals surface area (Å²) in [6.45, 7) is 9.26. The Bertz CT molecular complexity index is 994. The number of nitrogens with zero attached hydrogens (tertiary/aromatic N) is 5. The van der Waals surface area contributed by atoms with Crippen LogP contribution in [0.25, 0.3) is 5.65 Å². The van der Waals surface area contributed by atoms with Crippen LogP contribution < -0.4 is 5.32 Å². The maximum atomic E-state index is 13.2. The van der Waals surface area contributed by atoms with Crippen molar-refractivity contribution < 1.29 is 8.78 Å². The minimum Gasteiger partial charge on any atom is -0.364 e. The molecule has 0 amide bonds. The maximum Gasteiger partial charge on any atom is 0.299 e. The highest BCUT2D eigenvalue weighted by atomic mass is 19.3. The summed E-state index contributed by atoms with van der Waals surface area (Å²) < 4.78 is 27.4. The number of rotatable bonds is 5. The summed E-state index contributed by atoms with van der Waals surface area (Å²) in [6, 6.07) is 12.1. The normalized spacial score (nSPS) is 16.2. The summed E-state index contributed by atoms with van der Waals surface area (Å²) in [5.41, 5.74) is 3.05. The molecule has 0 saturated heterocycles. The van der Waals surface area contributed by atoms with Crippen LogP contribution in [-0.4, -0.2) is 43.8 Å². The van der Waals surface area contributed by atoms with Crippen LogP contribution >= 0.6 is 0 Å². The lowest BCUT2D eigenvalue weighted by molar-refractivity contribution is 0.137. The molecule has 0 saturated carbocycles. The first-order chi connectivity index (χ1) is 13.8. The number of nitrogens with one attached hydrogen (secondary N) is 1. The van der Waals surface area contributed by atoms with Crippen molar-refractivity contribution >= 4 is 11.5 Å². The molecule has 154 valence electrons. The molecular weight excluding hydrogens is 374 g/mol. The van der Waals surface area contributed by atoms with E-state index in [1.165, 1.54) is 11.1 Å². The molecule has 0 radical (unpaired) electrons. The fraction of sp³-hybridized carbons (Fsp3) is 0.476. The molecule has 0 fully saturated rings. The van der Waals surface area contributed by atoms with E-state index in [1.54, 1.807) is 12.1 Å². The van der Waals surface area contributed by atoms with Crippen LogP contribution in [0, 0.1) is 5.41 Å². The Labute approximate surface area is 168 Å². The highest BCUT2D eigenvalue weighted by molar-refractivity contribution is 5.45. The molecule has 2 aromatic heterocycles. The number of halogens is 2. The van der Waals surface area contributed by atoms with Crippen molar-refractivity contribution in [3.05, 3.63) is 53.3 Å². The monoisotopic (exact) mass is 400 g/mol. The molecule has 4 rings (SSSR count). The summed E-state index contributed by atoms with van der Waals surface area (Å²) in [4.78, 5) is 2.44. The van der Waals surface area contributed by atoms with Crippen molar-refractivity contribution in [3.63, 3.8) is 0 Å². The van der Waals surface area contributed by atoms with Gasteiger partial charge in [0.15, 0.2) is 5.65 Å². The first kappa shape index (κ1) is 19.7. The molecule has 0 bridgehead atoms. The van der Waals surface area contributed by atoms with Crippen LogP contribution in [0.15, 0.2) is 36.4 Å². The zero-order valence-electron chi connectivity index (χ0n) is 16.9. The molecule has 1 aromatic carbocycles. The quantitative estimate of drug-likeness (QED) is 0.703. The molecule has 0 spiro atoms. The second-order valence-corrected chi connectivity index (χ2v) is 8.66. The fourth-order valence-electron chi connectivity index (χ4n) is 3.70. The van der Waals surface area contributed by atoms with Gasteiger partial charge in [-0.05, 0) is 35.1 Å². The second-order valence-electron chi connectivity index (χ2n) is 8.66. The van der Waals surface area contributed by atoms with Gasteiger partial charge < -0.3 is 5.32 Å². The second kappa shape index (κ2) is 7.67. The third kappa shape index (κ3) is 4.22. The average Bonchev–Trinajstić information content (AvgIpc) is 3.10. The number of fused-ring (bicyclic) bond motifs is 2. The predicted molar refractivity (Wildman–Crippen MR) is 108 cm³/mol. The molecule has 1 unspecified atom stereocenters. The van der Waals surface area contributed by atoms with Gasteiger partial charge in [0.05, 0.1) is 0 Å². The van der Waals surface area contributed by atoms with E-state index in [1.807, 2.05) is 0 Å². The van der Waals surface area contributed by atoms with Gasteiger partial charge in [-0.2, -0.15) is 4.52 Å². The Balaban J connectivity index is 1.54. The molecule has 3 aromatic rings. The van der Waals surface area contributed by atoms with E-state index in [0.29, 0.717) is 11.5 Å². The van der Waals surface area contributed by atoms with Crippen molar-refractivity contribution in [3.8, 4) is 0 Å². The van der Waals surface area contributed by atoms with Gasteiger partial charge in [0, 0.05) is 25.7 Å². The van der Waals surface area contributed by atoms with Crippen LogP contribution in [0.2, 0.25) is 0 Å². The van der Waals surface area contributed by atoms with Crippen LogP contribution in [0.5, 0.6) is 0 Å². The SMILES string of the molecule is CC(C)(C)C(CN1CCc2ccccc2C1)Nc1ccc2nnc(C(F)F)n2n1. The third-order valence-corrected chi connectivity index (χ3v) is 5.50. The lowest BCUT2D eigenvalue weighted by atomic mass is 9.85. The molecule has 0 aliphatic carbocycles. The van der Waals surface area contributed by atoms with Crippen molar-refractivity contribution in [2.24, 2.45) is 5.41 Å². The van der Waals surface area contributed by atoms with E-state index in [4.69, 9.17) is 0 Å². The van der Waals surface area contributed by atoms with E-state index in [-0.39, 0.29) is 11.5 Å². The minimum atomic E-state index is -2.72. The third-order valence-electron chi connectivity index (χ3n) is 5.50. The lowest BCUT2D eigenvalue weighted by Gasteiger charge is -2.38. The van der Waals surface area contributed by atoms with E-state index in [0.717, 1.165) is 30.6 Å². The molecule has 1 aliphatic rings. The van der Waals surface area contributed by atoms with Crippen molar-refractivity contribution in [1.29, 1.82) is 0 Å². The van der Waals surface area contributed by atoms with Crippen LogP contribution in [0.3, 0.4) is 0 Å². The maximum absolute atomic E-state index is 13.2. The van der Waals surface area contributed by atoms with Crippen LogP contribution in [0.4, 0.5) is 14.6 Å². The number of aromatic nitrogens is 4. The summed E-state index contributed by atoms with van der Waals surface area (Å²) in [5.74, 6) is 0.0973. The highest BCUT2D eigenvalue weighted by Gasteiger charge is 2.29. The van der Waals surface area contributed by atoms with Crippen molar-refractivity contribution in [2.75, 3.05) is 18.4 Å². The first-order valence-corrected chi connectivity index (χ1v) is 9.87. The Hall–Kier alpha value is -2.61. The van der Waals surface area contributed by atoms with Gasteiger partial charge in [-0.25, -0.2) is 8.78 Å². The lowest BCUT2D eigenvalue weighted by Crippen LogP contribution is -2.46. The Morgan fingerprint density at radius 2 is 1.83 bits per heavy atom. The average molecular weight is 400 g/mol. The summed E-state index contributed by atoms with van der Waals surface area (Å²) in [5, 5.41) is 15.1. The predicted octanol–water partition coefficient (Wildman–Crippen LogP) is 3.95. The minimum absolute atomic E-state index is 0.0493. The topological polar surface area (TPSA) is 58.3 Å². The van der Waals surface area contributed by atoms with Gasteiger partial charge in [-0.1, -0.05) is 45.0 Å². The summed E-state index contributed by atoms with van der Waals surface area (Å²) >= 11 is 0. The standard InChI is InChI=1S/C21H26F2N6/c1-21(2,3)16(13-28-11-10-14-6-4-5-7-15(14)12-28)24-17-8-9-18-25-26-20(19(22)23)29(18)27-17/h4-9,16,19H,10-13H2,1-3H3,(H,24,27). The van der Waals surface area contributed by atoms with E-state index >= 15 is 0 Å². The van der Waals surface area contributed by atoms with E-state index in [2.05, 4.69) is 70.5 Å². The molecule has 1 N–H and O–H groups in total. The van der Waals surface area contributed by atoms with Gasteiger partial charge in [-0.3, -0.25) is 4.90 Å². The smallest absolute Gasteiger partial charge is 0.299 e. The van der Waals surface area contributed by atoms with Gasteiger partial charge in [0.25, 0.3) is 6.43 Å². The zero-order valence-corrected chi connectivity index (χ0v) is 16.9. The number of alkyl halides is 2. The summed E-state index contributed by atoms with van der Waals surface area (Å²) in [7, 11) is 0. The molecule has 29 heavy (non-hydrogen) atoms. The number of benzene rings is 1. The largest absolute Gasteiger partial charge is 0.364 e. The van der Waals surface area contributed by atoms with Gasteiger partial charge in [0.1, 0.15) is 5.82 Å². The summed E-state index contributed by atoms with van der Waals surface area (Å²) in [6.07, 6.45) is -1.69. The van der Waals surface area contributed by atoms with Gasteiger partial charge >= 0.3 is 0 Å². The van der Waals surface area contributed by atoms with Crippen molar-refractivity contribution in [1.82, 2.24) is 24.7 Å². The first-order valence-electron chi connectivity index (χ1n) is 9.87. The highest BCUT2D eigenvalue weighted by Crippen LogP contribution is 2.26. The van der Waals surface area contributed by atoms with Crippen LogP contribution in [0.1, 0.15) is 44.1 Å². The zero-order chi connectivity index (χ0) is 20.6. The molecule has 1 atom stereocenters. The Morgan fingerprint density at radius 1 is 1.07 bits per heavy atom. The van der Waals surface area contributed by atoms with Gasteiger partial charge in [0.2, 0.25) is 5.82 Å². The Kier molecular flexibility index (Phi) is 5.21. The Morgan fingerprint density at radius 3 is 2.55 bits per heavy atom. The van der Waals surface area contributed by atoms with Crippen molar-refractivity contribution in [2.45, 2.75) is 46.2 Å². The van der Waals surface area contributed by atoms with E-state index < -0.39 is 12.2 Å². The number of anilines is 1. The molecule has 8 heteroatoms. The molecule has 3 heterocycles. The molecule has 1 aliphatic heterocycles. The van der Waals surface area contributed by atoms with Gasteiger partial charge in [-0.15, -0.1) is 15.3 Å². The number of hydrogen-bond donors (Lipinski definition) is 1. The van der Waals surface area contributed by atoms with Crippen LogP contribution in [-0.2, 0) is 13.0 Å².